The average molecular weight is 364 g/mol. The van der Waals surface area contributed by atoms with Crippen LogP contribution >= 0.6 is 0 Å². The van der Waals surface area contributed by atoms with Gasteiger partial charge in [-0.25, -0.2) is 4.79 Å². The second kappa shape index (κ2) is 7.78. The summed E-state index contributed by atoms with van der Waals surface area (Å²) in [4.78, 5) is 30.5. The third kappa shape index (κ3) is 4.10. The number of carbonyl (C=O) groups excluding carboxylic acids is 2. The molecule has 0 atom stereocenters. The predicted molar refractivity (Wildman–Crippen MR) is 102 cm³/mol. The van der Waals surface area contributed by atoms with Crippen LogP contribution in [0.15, 0.2) is 48.8 Å². The molecule has 1 fully saturated rings. The molecule has 1 aromatic heterocycles. The SMILES string of the molecule is O=C(NCCc1ccccc1)C1CC(NC(=O)N2Cc3ccncc3C2)C1. The minimum absolute atomic E-state index is 0.00560. The Labute approximate surface area is 159 Å². The van der Waals surface area contributed by atoms with Gasteiger partial charge >= 0.3 is 6.03 Å². The number of carbonyl (C=O) groups is 2. The normalized spacial score (nSPS) is 20.5. The van der Waals surface area contributed by atoms with Gasteiger partial charge in [-0.15, -0.1) is 0 Å². The summed E-state index contributed by atoms with van der Waals surface area (Å²) in [5.41, 5.74) is 3.49. The van der Waals surface area contributed by atoms with Gasteiger partial charge in [0.1, 0.15) is 0 Å². The minimum atomic E-state index is -0.0564. The fraction of sp³-hybridized carbons (Fsp3) is 0.381. The average Bonchev–Trinajstić information content (AvgIpc) is 3.09. The number of nitrogens with one attached hydrogen (secondary N) is 2. The third-order valence-corrected chi connectivity index (χ3v) is 5.41. The second-order valence-electron chi connectivity index (χ2n) is 7.34. The Hall–Kier alpha value is -2.89. The number of aromatic nitrogens is 1. The zero-order valence-corrected chi connectivity index (χ0v) is 15.2. The molecule has 0 unspecified atom stereocenters. The van der Waals surface area contributed by atoms with Gasteiger partial charge in [-0.1, -0.05) is 30.3 Å². The van der Waals surface area contributed by atoms with Crippen molar-refractivity contribution in [2.75, 3.05) is 6.54 Å². The lowest BCUT2D eigenvalue weighted by Crippen LogP contribution is -2.52. The number of amides is 3. The van der Waals surface area contributed by atoms with E-state index < -0.39 is 0 Å². The standard InChI is InChI=1S/C21H24N4O2/c26-20(23-9-6-15-4-2-1-3-5-15)17-10-19(11-17)24-21(27)25-13-16-7-8-22-12-18(16)14-25/h1-5,7-8,12,17,19H,6,9-11,13-14H2,(H,23,26)(H,24,27). The predicted octanol–water partition coefficient (Wildman–Crippen LogP) is 2.24. The summed E-state index contributed by atoms with van der Waals surface area (Å²) in [5, 5.41) is 6.05. The first-order valence-electron chi connectivity index (χ1n) is 9.48. The van der Waals surface area contributed by atoms with E-state index in [9.17, 15) is 9.59 Å². The molecular formula is C21H24N4O2. The Balaban J connectivity index is 1.15. The van der Waals surface area contributed by atoms with Gasteiger partial charge in [0.05, 0.1) is 0 Å². The van der Waals surface area contributed by atoms with Crippen LogP contribution in [0, 0.1) is 5.92 Å². The molecule has 0 saturated heterocycles. The molecule has 4 rings (SSSR count). The molecule has 0 spiro atoms. The van der Waals surface area contributed by atoms with Crippen LogP contribution in [0.5, 0.6) is 0 Å². The molecule has 140 valence electrons. The Bertz CT molecular complexity index is 793. The van der Waals surface area contributed by atoms with E-state index in [1.807, 2.05) is 30.5 Å². The Kier molecular flexibility index (Phi) is 5.05. The fourth-order valence-electron chi connectivity index (χ4n) is 3.70. The number of fused-ring (bicyclic) bond motifs is 1. The first-order chi connectivity index (χ1) is 13.2. The van der Waals surface area contributed by atoms with Gasteiger partial charge in [-0.2, -0.15) is 0 Å². The summed E-state index contributed by atoms with van der Waals surface area (Å²) in [6.45, 7) is 1.88. The highest BCUT2D eigenvalue weighted by Gasteiger charge is 2.36. The topological polar surface area (TPSA) is 74.3 Å². The van der Waals surface area contributed by atoms with Crippen LogP contribution in [0.4, 0.5) is 4.79 Å². The number of hydrogen-bond donors (Lipinski definition) is 2. The van der Waals surface area contributed by atoms with Crippen molar-refractivity contribution >= 4 is 11.9 Å². The van der Waals surface area contributed by atoms with Crippen LogP contribution < -0.4 is 10.6 Å². The first kappa shape index (κ1) is 17.5. The minimum Gasteiger partial charge on any atom is -0.356 e. The van der Waals surface area contributed by atoms with E-state index in [-0.39, 0.29) is 23.9 Å². The summed E-state index contributed by atoms with van der Waals surface area (Å²) in [6.07, 6.45) is 5.84. The van der Waals surface area contributed by atoms with Crippen LogP contribution in [0.2, 0.25) is 0 Å². The van der Waals surface area contributed by atoms with Crippen molar-refractivity contribution in [2.45, 2.75) is 38.4 Å². The number of nitrogens with zero attached hydrogens (tertiary/aromatic N) is 2. The largest absolute Gasteiger partial charge is 0.356 e. The van der Waals surface area contributed by atoms with Crippen molar-refractivity contribution in [1.29, 1.82) is 0 Å². The molecule has 27 heavy (non-hydrogen) atoms. The highest BCUT2D eigenvalue weighted by atomic mass is 16.2. The maximum Gasteiger partial charge on any atom is 0.318 e. The lowest BCUT2D eigenvalue weighted by atomic mass is 9.79. The molecule has 6 heteroatoms. The summed E-state index contributed by atoms with van der Waals surface area (Å²) in [6, 6.07) is 12.1. The van der Waals surface area contributed by atoms with Crippen molar-refractivity contribution in [1.82, 2.24) is 20.5 Å². The van der Waals surface area contributed by atoms with E-state index in [2.05, 4.69) is 27.8 Å². The molecule has 1 saturated carbocycles. The number of benzene rings is 1. The molecule has 0 radical (unpaired) electrons. The molecule has 2 N–H and O–H groups in total. The maximum atomic E-state index is 12.4. The number of rotatable bonds is 5. The van der Waals surface area contributed by atoms with Crippen molar-refractivity contribution in [2.24, 2.45) is 5.92 Å². The van der Waals surface area contributed by atoms with Crippen LogP contribution in [-0.4, -0.2) is 34.4 Å². The van der Waals surface area contributed by atoms with Gasteiger partial charge in [0.25, 0.3) is 0 Å². The number of hydrogen-bond acceptors (Lipinski definition) is 3. The monoisotopic (exact) mass is 364 g/mol. The lowest BCUT2D eigenvalue weighted by molar-refractivity contribution is -0.128. The molecule has 6 nitrogen and oxygen atoms in total. The van der Waals surface area contributed by atoms with Crippen LogP contribution in [0.25, 0.3) is 0 Å². The summed E-state index contributed by atoms with van der Waals surface area (Å²) < 4.78 is 0. The van der Waals surface area contributed by atoms with Gasteiger partial charge in [0, 0.05) is 44.0 Å². The van der Waals surface area contributed by atoms with Crippen molar-refractivity contribution in [3.05, 3.63) is 65.5 Å². The fourth-order valence-corrected chi connectivity index (χ4v) is 3.70. The zero-order valence-electron chi connectivity index (χ0n) is 15.2. The van der Waals surface area contributed by atoms with Crippen molar-refractivity contribution < 1.29 is 9.59 Å². The van der Waals surface area contributed by atoms with Gasteiger partial charge in [-0.3, -0.25) is 9.78 Å². The highest BCUT2D eigenvalue weighted by Crippen LogP contribution is 2.28. The van der Waals surface area contributed by atoms with Gasteiger partial charge in [0.15, 0.2) is 0 Å². The number of pyridine rings is 1. The van der Waals surface area contributed by atoms with Gasteiger partial charge < -0.3 is 15.5 Å². The van der Waals surface area contributed by atoms with Crippen LogP contribution in [0.1, 0.15) is 29.5 Å². The molecule has 2 aliphatic rings. The second-order valence-corrected chi connectivity index (χ2v) is 7.34. The molecule has 2 heterocycles. The Morgan fingerprint density at radius 3 is 2.63 bits per heavy atom. The molecule has 2 aromatic rings. The van der Waals surface area contributed by atoms with E-state index in [1.165, 1.54) is 5.56 Å². The maximum absolute atomic E-state index is 12.4. The van der Waals surface area contributed by atoms with Gasteiger partial charge in [-0.05, 0) is 42.0 Å². The van der Waals surface area contributed by atoms with E-state index in [1.54, 1.807) is 11.1 Å². The van der Waals surface area contributed by atoms with E-state index in [0.717, 1.165) is 17.5 Å². The van der Waals surface area contributed by atoms with Crippen molar-refractivity contribution in [3.8, 4) is 0 Å². The van der Waals surface area contributed by atoms with Crippen LogP contribution in [0.3, 0.4) is 0 Å². The van der Waals surface area contributed by atoms with Crippen LogP contribution in [-0.2, 0) is 24.3 Å². The van der Waals surface area contributed by atoms with Gasteiger partial charge in [0.2, 0.25) is 5.91 Å². The molecule has 1 aliphatic carbocycles. The summed E-state index contributed by atoms with van der Waals surface area (Å²) in [7, 11) is 0. The van der Waals surface area contributed by atoms with E-state index in [4.69, 9.17) is 0 Å². The molecule has 1 aromatic carbocycles. The zero-order chi connectivity index (χ0) is 18.6. The smallest absolute Gasteiger partial charge is 0.318 e. The third-order valence-electron chi connectivity index (χ3n) is 5.41. The van der Waals surface area contributed by atoms with E-state index >= 15 is 0 Å². The Morgan fingerprint density at radius 2 is 1.85 bits per heavy atom. The van der Waals surface area contributed by atoms with E-state index in [0.29, 0.717) is 32.5 Å². The van der Waals surface area contributed by atoms with Crippen molar-refractivity contribution in [3.63, 3.8) is 0 Å². The first-order valence-corrected chi connectivity index (χ1v) is 9.48. The molecule has 3 amide bonds. The lowest BCUT2D eigenvalue weighted by Gasteiger charge is -2.35. The Morgan fingerprint density at radius 1 is 1.07 bits per heavy atom. The number of urea groups is 1. The highest BCUT2D eigenvalue weighted by molar-refractivity contribution is 5.81. The summed E-state index contributed by atoms with van der Waals surface area (Å²) >= 11 is 0. The summed E-state index contributed by atoms with van der Waals surface area (Å²) in [5.74, 6) is 0.0992. The quantitative estimate of drug-likeness (QED) is 0.854. The molecule has 0 bridgehead atoms. The molecular weight excluding hydrogens is 340 g/mol. The molecule has 1 aliphatic heterocycles.